The van der Waals surface area contributed by atoms with E-state index in [1.165, 1.54) is 0 Å². The Bertz CT molecular complexity index is 914. The molecule has 0 bridgehead atoms. The van der Waals surface area contributed by atoms with Gasteiger partial charge in [0, 0.05) is 43.7 Å². The molecule has 3 heterocycles. The molecule has 2 fully saturated rings. The third-order valence-corrected chi connectivity index (χ3v) is 6.44. The van der Waals surface area contributed by atoms with E-state index in [4.69, 9.17) is 32.0 Å². The highest BCUT2D eigenvalue weighted by Crippen LogP contribution is 2.30. The van der Waals surface area contributed by atoms with E-state index in [9.17, 15) is 13.2 Å². The molecule has 2 saturated heterocycles. The fraction of sp³-hybridized carbons (Fsp3) is 0.609. The van der Waals surface area contributed by atoms with Crippen LogP contribution in [0.3, 0.4) is 0 Å². The van der Waals surface area contributed by atoms with Gasteiger partial charge in [0.1, 0.15) is 11.7 Å². The SMILES string of the molecule is CC(=O)O.NC1=NN=C(N2CCC(N3C[C@H](CC(F)(F)F)OC[C@@H]3Cc3ccc(Cl)cc3)CC2)C1. The number of nitrogens with two attached hydrogens (primary N) is 1. The van der Waals surface area contributed by atoms with Crippen LogP contribution in [0.15, 0.2) is 34.5 Å². The van der Waals surface area contributed by atoms with Crippen LogP contribution in [-0.4, -0.2) is 83.2 Å². The molecular formula is C23H31ClF3N5O3. The molecule has 0 aliphatic carbocycles. The zero-order chi connectivity index (χ0) is 25.6. The molecule has 194 valence electrons. The molecule has 3 aliphatic rings. The summed E-state index contributed by atoms with van der Waals surface area (Å²) >= 11 is 5.99. The minimum atomic E-state index is -4.23. The fourth-order valence-electron chi connectivity index (χ4n) is 4.66. The Labute approximate surface area is 207 Å². The molecule has 12 heteroatoms. The molecule has 35 heavy (non-hydrogen) atoms. The van der Waals surface area contributed by atoms with Gasteiger partial charge in [0.25, 0.3) is 5.97 Å². The van der Waals surface area contributed by atoms with Gasteiger partial charge in [-0.05, 0) is 37.0 Å². The minimum absolute atomic E-state index is 0.0324. The summed E-state index contributed by atoms with van der Waals surface area (Å²) in [7, 11) is 0. The van der Waals surface area contributed by atoms with Crippen LogP contribution in [-0.2, 0) is 16.0 Å². The third kappa shape index (κ3) is 8.66. The van der Waals surface area contributed by atoms with Crippen molar-refractivity contribution in [3.8, 4) is 0 Å². The van der Waals surface area contributed by atoms with Crippen molar-refractivity contribution < 1.29 is 27.8 Å². The van der Waals surface area contributed by atoms with Crippen molar-refractivity contribution in [2.24, 2.45) is 15.9 Å². The summed E-state index contributed by atoms with van der Waals surface area (Å²) in [5, 5.41) is 16.1. The quantitative estimate of drug-likeness (QED) is 0.633. The van der Waals surface area contributed by atoms with E-state index in [0.717, 1.165) is 44.3 Å². The van der Waals surface area contributed by atoms with Crippen LogP contribution in [0.1, 0.15) is 38.2 Å². The van der Waals surface area contributed by atoms with E-state index >= 15 is 0 Å². The fourth-order valence-corrected chi connectivity index (χ4v) is 4.79. The number of halogens is 4. The number of benzene rings is 1. The van der Waals surface area contributed by atoms with Crippen LogP contribution < -0.4 is 5.73 Å². The molecule has 3 N–H and O–H groups in total. The number of aliphatic carboxylic acids is 1. The number of rotatable bonds is 4. The van der Waals surface area contributed by atoms with Gasteiger partial charge < -0.3 is 20.5 Å². The first kappa shape index (κ1) is 27.2. The van der Waals surface area contributed by atoms with Gasteiger partial charge in [0.05, 0.1) is 25.6 Å². The highest BCUT2D eigenvalue weighted by Gasteiger charge is 2.40. The van der Waals surface area contributed by atoms with Gasteiger partial charge in [0.15, 0.2) is 0 Å². The van der Waals surface area contributed by atoms with E-state index < -0.39 is 24.7 Å². The van der Waals surface area contributed by atoms with Gasteiger partial charge in [-0.2, -0.15) is 13.2 Å². The first-order valence-electron chi connectivity index (χ1n) is 11.5. The summed E-state index contributed by atoms with van der Waals surface area (Å²) in [5.41, 5.74) is 6.83. The molecule has 0 radical (unpaired) electrons. The second kappa shape index (κ2) is 12.0. The molecule has 3 aliphatic heterocycles. The minimum Gasteiger partial charge on any atom is -0.481 e. The normalized spacial score (nSPS) is 23.9. The molecule has 2 atom stereocenters. The number of alkyl halides is 3. The van der Waals surface area contributed by atoms with Crippen LogP contribution >= 0.6 is 11.6 Å². The standard InChI is InChI=1S/C21H27ClF3N5O.C2H4O2/c22-15-3-1-14(2-4-15)9-17-13-31-18(11-21(23,24)25)12-30(17)16-5-7-29(8-6-16)20-10-19(26)27-28-20;1-2(3)4/h1-4,16-18H,5-13H2,(H2,26,27);1H3,(H,3,4)/t17-,18-;/m0./s1. The van der Waals surface area contributed by atoms with Gasteiger partial charge in [-0.25, -0.2) is 0 Å². The number of carbonyl (C=O) groups is 1. The summed E-state index contributed by atoms with van der Waals surface area (Å²) < 4.78 is 44.6. The van der Waals surface area contributed by atoms with Crippen molar-refractivity contribution in [1.82, 2.24) is 9.80 Å². The van der Waals surface area contributed by atoms with E-state index in [1.807, 2.05) is 24.3 Å². The maximum absolute atomic E-state index is 13.0. The molecule has 0 amide bonds. The number of nitrogens with zero attached hydrogens (tertiary/aromatic N) is 4. The second-order valence-electron chi connectivity index (χ2n) is 8.98. The monoisotopic (exact) mass is 517 g/mol. The molecule has 1 aromatic rings. The molecular weight excluding hydrogens is 487 g/mol. The Morgan fingerprint density at radius 3 is 2.40 bits per heavy atom. The van der Waals surface area contributed by atoms with Gasteiger partial charge in [0.2, 0.25) is 0 Å². The largest absolute Gasteiger partial charge is 0.481 e. The van der Waals surface area contributed by atoms with Gasteiger partial charge in [-0.15, -0.1) is 10.2 Å². The van der Waals surface area contributed by atoms with Crippen molar-refractivity contribution in [3.05, 3.63) is 34.9 Å². The predicted octanol–water partition coefficient (Wildman–Crippen LogP) is 3.53. The van der Waals surface area contributed by atoms with E-state index in [2.05, 4.69) is 20.0 Å². The van der Waals surface area contributed by atoms with E-state index in [1.54, 1.807) is 0 Å². The van der Waals surface area contributed by atoms with Crippen molar-refractivity contribution in [3.63, 3.8) is 0 Å². The number of piperidine rings is 1. The van der Waals surface area contributed by atoms with Crippen molar-refractivity contribution in [1.29, 1.82) is 0 Å². The van der Waals surface area contributed by atoms with Crippen LogP contribution in [0.4, 0.5) is 13.2 Å². The molecule has 4 rings (SSSR count). The van der Waals surface area contributed by atoms with Crippen molar-refractivity contribution >= 4 is 29.2 Å². The summed E-state index contributed by atoms with van der Waals surface area (Å²) in [4.78, 5) is 13.4. The summed E-state index contributed by atoms with van der Waals surface area (Å²) in [5.74, 6) is 0.564. The number of likely N-dealkylation sites (tertiary alicyclic amines) is 1. The molecule has 0 unspecified atom stereocenters. The van der Waals surface area contributed by atoms with Crippen LogP contribution in [0.25, 0.3) is 0 Å². The lowest BCUT2D eigenvalue weighted by Crippen LogP contribution is -2.58. The first-order valence-corrected chi connectivity index (χ1v) is 11.9. The van der Waals surface area contributed by atoms with Crippen LogP contribution in [0.5, 0.6) is 0 Å². The van der Waals surface area contributed by atoms with Gasteiger partial charge >= 0.3 is 6.18 Å². The Morgan fingerprint density at radius 1 is 1.23 bits per heavy atom. The van der Waals surface area contributed by atoms with Crippen LogP contribution in [0.2, 0.25) is 5.02 Å². The maximum Gasteiger partial charge on any atom is 0.391 e. The lowest BCUT2D eigenvalue weighted by molar-refractivity contribution is -0.180. The zero-order valence-electron chi connectivity index (χ0n) is 19.5. The highest BCUT2D eigenvalue weighted by atomic mass is 35.5. The van der Waals surface area contributed by atoms with Gasteiger partial charge in [-0.1, -0.05) is 23.7 Å². The molecule has 8 nitrogen and oxygen atoms in total. The van der Waals surface area contributed by atoms with E-state index in [-0.39, 0.29) is 12.1 Å². The smallest absolute Gasteiger partial charge is 0.391 e. The summed E-state index contributed by atoms with van der Waals surface area (Å²) in [6.07, 6.45) is -2.98. The van der Waals surface area contributed by atoms with Crippen molar-refractivity contribution in [2.75, 3.05) is 26.2 Å². The zero-order valence-corrected chi connectivity index (χ0v) is 20.3. The van der Waals surface area contributed by atoms with Crippen LogP contribution in [0, 0.1) is 0 Å². The average molecular weight is 518 g/mol. The second-order valence-corrected chi connectivity index (χ2v) is 9.41. The number of hydrogen-bond donors (Lipinski definition) is 2. The number of amidine groups is 2. The average Bonchev–Trinajstić information content (AvgIpc) is 3.21. The third-order valence-electron chi connectivity index (χ3n) is 6.18. The molecule has 1 aromatic carbocycles. The molecule has 0 spiro atoms. The Kier molecular flexibility index (Phi) is 9.37. The summed E-state index contributed by atoms with van der Waals surface area (Å²) in [6.45, 7) is 3.25. The maximum atomic E-state index is 13.0. The topological polar surface area (TPSA) is 104 Å². The Balaban J connectivity index is 0.000000795. The lowest BCUT2D eigenvalue weighted by Gasteiger charge is -2.47. The number of hydrogen-bond acceptors (Lipinski definition) is 7. The number of ether oxygens (including phenoxy) is 1. The number of carboxylic acids is 1. The Morgan fingerprint density at radius 2 is 1.86 bits per heavy atom. The van der Waals surface area contributed by atoms with Gasteiger partial charge in [-0.3, -0.25) is 9.69 Å². The molecule has 0 aromatic heterocycles. The summed E-state index contributed by atoms with van der Waals surface area (Å²) in [6, 6.07) is 7.84. The molecule has 0 saturated carbocycles. The predicted molar refractivity (Wildman–Crippen MR) is 128 cm³/mol. The first-order chi connectivity index (χ1) is 16.5. The lowest BCUT2D eigenvalue weighted by atomic mass is 9.95. The Hall–Kier alpha value is -2.37. The van der Waals surface area contributed by atoms with E-state index in [0.29, 0.717) is 36.9 Å². The number of carboxylic acid groups (broad SMARTS) is 1. The van der Waals surface area contributed by atoms with Crippen molar-refractivity contribution in [2.45, 2.75) is 63.4 Å². The number of morpholine rings is 1. The highest BCUT2D eigenvalue weighted by molar-refractivity contribution is 6.30.